The molecule has 1 atom stereocenters. The Labute approximate surface area is 118 Å². The van der Waals surface area contributed by atoms with E-state index >= 15 is 0 Å². The number of amides is 1. The molecule has 1 aromatic rings. The molecule has 0 aromatic heterocycles. The second-order valence-electron chi connectivity index (χ2n) is 5.05. The van der Waals surface area contributed by atoms with Gasteiger partial charge in [0, 0.05) is 6.54 Å². The predicted molar refractivity (Wildman–Crippen MR) is 75.1 cm³/mol. The number of hydrogen-bond donors (Lipinski definition) is 2. The molecule has 20 heavy (non-hydrogen) atoms. The van der Waals surface area contributed by atoms with Gasteiger partial charge in [0.05, 0.1) is 13.0 Å². The fourth-order valence-electron chi connectivity index (χ4n) is 2.26. The Bertz CT molecular complexity index is 416. The van der Waals surface area contributed by atoms with Gasteiger partial charge in [-0.3, -0.25) is 4.79 Å². The van der Waals surface area contributed by atoms with Crippen LogP contribution in [0, 0.1) is 11.7 Å². The van der Waals surface area contributed by atoms with E-state index in [-0.39, 0.29) is 11.7 Å². The maximum absolute atomic E-state index is 12.7. The quantitative estimate of drug-likeness (QED) is 0.799. The first-order chi connectivity index (χ1) is 9.74. The highest BCUT2D eigenvalue weighted by Gasteiger charge is 2.13. The van der Waals surface area contributed by atoms with E-state index in [1.165, 1.54) is 18.6 Å². The van der Waals surface area contributed by atoms with E-state index < -0.39 is 0 Å². The first-order valence-electron chi connectivity index (χ1n) is 7.10. The molecule has 1 unspecified atom stereocenters. The second-order valence-corrected chi connectivity index (χ2v) is 5.05. The zero-order valence-corrected chi connectivity index (χ0v) is 11.5. The largest absolute Gasteiger partial charge is 0.493 e. The standard InChI is InChI=1S/C15H21FN2O2/c16-13-1-3-14(4-2-13)20-10-7-15(19)18-9-6-12-5-8-17-11-12/h1-4,12,17H,5-11H2,(H,18,19). The molecule has 1 aromatic carbocycles. The molecule has 1 saturated heterocycles. The van der Waals surface area contributed by atoms with Crippen molar-refractivity contribution in [2.24, 2.45) is 5.92 Å². The van der Waals surface area contributed by atoms with E-state index in [4.69, 9.17) is 4.74 Å². The third kappa shape index (κ3) is 5.17. The number of rotatable bonds is 7. The van der Waals surface area contributed by atoms with Gasteiger partial charge >= 0.3 is 0 Å². The lowest BCUT2D eigenvalue weighted by Gasteiger charge is -2.10. The molecule has 0 spiro atoms. The van der Waals surface area contributed by atoms with Crippen molar-refractivity contribution in [2.45, 2.75) is 19.3 Å². The van der Waals surface area contributed by atoms with Crippen LogP contribution in [0.1, 0.15) is 19.3 Å². The first kappa shape index (κ1) is 14.8. The summed E-state index contributed by atoms with van der Waals surface area (Å²) in [7, 11) is 0. The number of carbonyl (C=O) groups excluding carboxylic acids is 1. The number of hydrogen-bond acceptors (Lipinski definition) is 3. The molecule has 1 aliphatic rings. The van der Waals surface area contributed by atoms with Crippen molar-refractivity contribution in [3.8, 4) is 5.75 Å². The van der Waals surface area contributed by atoms with Crippen LogP contribution in [0.5, 0.6) is 5.75 Å². The van der Waals surface area contributed by atoms with Crippen molar-refractivity contribution in [2.75, 3.05) is 26.2 Å². The summed E-state index contributed by atoms with van der Waals surface area (Å²) in [6, 6.07) is 5.79. The number of halogens is 1. The lowest BCUT2D eigenvalue weighted by atomic mass is 10.1. The lowest BCUT2D eigenvalue weighted by molar-refractivity contribution is -0.121. The van der Waals surface area contributed by atoms with Gasteiger partial charge in [-0.05, 0) is 56.1 Å². The summed E-state index contributed by atoms with van der Waals surface area (Å²) in [6.07, 6.45) is 2.54. The van der Waals surface area contributed by atoms with Gasteiger partial charge in [-0.25, -0.2) is 4.39 Å². The fourth-order valence-corrected chi connectivity index (χ4v) is 2.26. The molecular weight excluding hydrogens is 259 g/mol. The smallest absolute Gasteiger partial charge is 0.223 e. The lowest BCUT2D eigenvalue weighted by Crippen LogP contribution is -2.27. The molecule has 2 N–H and O–H groups in total. The molecular formula is C15H21FN2O2. The van der Waals surface area contributed by atoms with Crippen LogP contribution in [-0.4, -0.2) is 32.1 Å². The summed E-state index contributed by atoms with van der Waals surface area (Å²) >= 11 is 0. The van der Waals surface area contributed by atoms with Crippen molar-refractivity contribution >= 4 is 5.91 Å². The minimum atomic E-state index is -0.295. The summed E-state index contributed by atoms with van der Waals surface area (Å²) in [5, 5.41) is 6.21. The Morgan fingerprint density at radius 1 is 1.40 bits per heavy atom. The third-order valence-electron chi connectivity index (χ3n) is 3.45. The monoisotopic (exact) mass is 280 g/mol. The fraction of sp³-hybridized carbons (Fsp3) is 0.533. The third-order valence-corrected chi connectivity index (χ3v) is 3.45. The molecule has 0 radical (unpaired) electrons. The number of nitrogens with one attached hydrogen (secondary N) is 2. The van der Waals surface area contributed by atoms with Gasteiger partial charge in [-0.2, -0.15) is 0 Å². The topological polar surface area (TPSA) is 50.4 Å². The number of benzene rings is 1. The molecule has 110 valence electrons. The van der Waals surface area contributed by atoms with Gasteiger partial charge in [0.1, 0.15) is 11.6 Å². The predicted octanol–water partition coefficient (Wildman–Crippen LogP) is 1.71. The molecule has 4 nitrogen and oxygen atoms in total. The summed E-state index contributed by atoms with van der Waals surface area (Å²) in [6.45, 7) is 3.18. The van der Waals surface area contributed by atoms with Crippen LogP contribution in [0.25, 0.3) is 0 Å². The Morgan fingerprint density at radius 3 is 2.90 bits per heavy atom. The van der Waals surface area contributed by atoms with E-state index in [2.05, 4.69) is 10.6 Å². The maximum atomic E-state index is 12.7. The second kappa shape index (κ2) is 7.85. The van der Waals surface area contributed by atoms with Gasteiger partial charge in [0.2, 0.25) is 5.91 Å². The van der Waals surface area contributed by atoms with Crippen molar-refractivity contribution in [1.82, 2.24) is 10.6 Å². The van der Waals surface area contributed by atoms with Crippen LogP contribution in [0.15, 0.2) is 24.3 Å². The van der Waals surface area contributed by atoms with E-state index in [1.807, 2.05) is 0 Å². The molecule has 0 aliphatic carbocycles. The van der Waals surface area contributed by atoms with Crippen LogP contribution < -0.4 is 15.4 Å². The molecule has 2 rings (SSSR count). The van der Waals surface area contributed by atoms with Gasteiger partial charge in [-0.1, -0.05) is 0 Å². The Kier molecular flexibility index (Phi) is 5.80. The summed E-state index contributed by atoms with van der Waals surface area (Å²) in [5.74, 6) is 0.969. The van der Waals surface area contributed by atoms with Gasteiger partial charge in [-0.15, -0.1) is 0 Å². The van der Waals surface area contributed by atoms with E-state index in [1.54, 1.807) is 12.1 Å². The van der Waals surface area contributed by atoms with Crippen LogP contribution in [0.2, 0.25) is 0 Å². The van der Waals surface area contributed by atoms with Gasteiger partial charge in [0.25, 0.3) is 0 Å². The van der Waals surface area contributed by atoms with Gasteiger partial charge < -0.3 is 15.4 Å². The highest BCUT2D eigenvalue weighted by molar-refractivity contribution is 5.75. The van der Waals surface area contributed by atoms with Crippen LogP contribution >= 0.6 is 0 Å². The first-order valence-corrected chi connectivity index (χ1v) is 7.10. The van der Waals surface area contributed by atoms with E-state index in [9.17, 15) is 9.18 Å². The summed E-state index contributed by atoms with van der Waals surface area (Å²) < 4.78 is 18.1. The van der Waals surface area contributed by atoms with Crippen LogP contribution in [-0.2, 0) is 4.79 Å². The van der Waals surface area contributed by atoms with E-state index in [0.29, 0.717) is 24.7 Å². The summed E-state index contributed by atoms with van der Waals surface area (Å²) in [5.41, 5.74) is 0. The Morgan fingerprint density at radius 2 is 2.20 bits per heavy atom. The zero-order valence-electron chi connectivity index (χ0n) is 11.5. The van der Waals surface area contributed by atoms with Crippen molar-refractivity contribution in [3.63, 3.8) is 0 Å². The minimum Gasteiger partial charge on any atom is -0.493 e. The average Bonchev–Trinajstić information content (AvgIpc) is 2.94. The number of carbonyl (C=O) groups is 1. The zero-order chi connectivity index (χ0) is 14.2. The molecule has 0 saturated carbocycles. The maximum Gasteiger partial charge on any atom is 0.223 e. The van der Waals surface area contributed by atoms with Crippen molar-refractivity contribution in [3.05, 3.63) is 30.1 Å². The van der Waals surface area contributed by atoms with Crippen LogP contribution in [0.4, 0.5) is 4.39 Å². The molecule has 1 amide bonds. The minimum absolute atomic E-state index is 0.00179. The molecule has 1 aliphatic heterocycles. The molecule has 0 bridgehead atoms. The summed E-state index contributed by atoms with van der Waals surface area (Å²) in [4.78, 5) is 11.6. The Hall–Kier alpha value is -1.62. The van der Waals surface area contributed by atoms with Gasteiger partial charge in [0.15, 0.2) is 0 Å². The van der Waals surface area contributed by atoms with Crippen molar-refractivity contribution < 1.29 is 13.9 Å². The molecule has 5 heteroatoms. The normalized spacial score (nSPS) is 17.9. The Balaban J connectivity index is 1.54. The average molecular weight is 280 g/mol. The molecule has 1 fully saturated rings. The number of ether oxygens (including phenoxy) is 1. The SMILES string of the molecule is O=C(CCOc1ccc(F)cc1)NCCC1CCNC1. The molecule has 1 heterocycles. The van der Waals surface area contributed by atoms with Crippen LogP contribution in [0.3, 0.4) is 0 Å². The highest BCUT2D eigenvalue weighted by atomic mass is 19.1. The van der Waals surface area contributed by atoms with Crippen molar-refractivity contribution in [1.29, 1.82) is 0 Å². The highest BCUT2D eigenvalue weighted by Crippen LogP contribution is 2.12. The van der Waals surface area contributed by atoms with E-state index in [0.717, 1.165) is 26.1 Å².